The monoisotopic (exact) mass is 413 g/mol. The minimum atomic E-state index is -0.623. The van der Waals surface area contributed by atoms with Gasteiger partial charge in [-0.25, -0.2) is 4.79 Å². The topological polar surface area (TPSA) is 86.0 Å². The molecular formula is C17H20BrNO6. The molecule has 1 fully saturated rings. The summed E-state index contributed by atoms with van der Waals surface area (Å²) in [4.78, 5) is 37.0. The standard InChI is InChI=1S/C17H20BrNO6/c1-2-23-17(22)12-7-9-19(10-8-12)15(20)11-24-16(21)6-4-13-3-5-14(18)25-13/h3-6,12H,2,7-11H2,1H3. The second kappa shape index (κ2) is 9.41. The van der Waals surface area contributed by atoms with Crippen LogP contribution in [-0.4, -0.2) is 49.0 Å². The van der Waals surface area contributed by atoms with E-state index < -0.39 is 5.97 Å². The Labute approximate surface area is 154 Å². The largest absolute Gasteiger partial charge is 0.466 e. The Hall–Kier alpha value is -2.09. The van der Waals surface area contributed by atoms with Crippen LogP contribution in [0.4, 0.5) is 0 Å². The van der Waals surface area contributed by atoms with Gasteiger partial charge >= 0.3 is 11.9 Å². The maximum absolute atomic E-state index is 12.1. The number of esters is 2. The van der Waals surface area contributed by atoms with Crippen LogP contribution in [0.1, 0.15) is 25.5 Å². The number of ether oxygens (including phenoxy) is 2. The van der Waals surface area contributed by atoms with Crippen LogP contribution in [0, 0.1) is 5.92 Å². The van der Waals surface area contributed by atoms with Gasteiger partial charge in [0.05, 0.1) is 12.5 Å². The van der Waals surface area contributed by atoms with Crippen LogP contribution in [0.5, 0.6) is 0 Å². The third-order valence-corrected chi connectivity index (χ3v) is 4.21. The zero-order chi connectivity index (χ0) is 18.2. The van der Waals surface area contributed by atoms with E-state index in [4.69, 9.17) is 13.9 Å². The molecule has 8 heteroatoms. The molecule has 7 nitrogen and oxygen atoms in total. The van der Waals surface area contributed by atoms with Gasteiger partial charge in [-0.2, -0.15) is 0 Å². The fourth-order valence-corrected chi connectivity index (χ4v) is 2.78. The number of nitrogens with zero attached hydrogens (tertiary/aromatic N) is 1. The molecule has 1 aromatic heterocycles. The second-order valence-corrected chi connectivity index (χ2v) is 6.27. The Morgan fingerprint density at radius 2 is 2.00 bits per heavy atom. The number of halogens is 1. The van der Waals surface area contributed by atoms with E-state index in [1.165, 1.54) is 12.2 Å². The smallest absolute Gasteiger partial charge is 0.331 e. The van der Waals surface area contributed by atoms with Crippen molar-refractivity contribution in [3.63, 3.8) is 0 Å². The van der Waals surface area contributed by atoms with Gasteiger partial charge in [-0.3, -0.25) is 9.59 Å². The average Bonchev–Trinajstić information content (AvgIpc) is 3.03. The maximum Gasteiger partial charge on any atom is 0.331 e. The summed E-state index contributed by atoms with van der Waals surface area (Å²) >= 11 is 3.16. The van der Waals surface area contributed by atoms with E-state index in [2.05, 4.69) is 15.9 Å². The molecule has 0 aliphatic carbocycles. The zero-order valence-corrected chi connectivity index (χ0v) is 15.5. The molecular weight excluding hydrogens is 394 g/mol. The van der Waals surface area contributed by atoms with Crippen molar-refractivity contribution in [2.45, 2.75) is 19.8 Å². The highest BCUT2D eigenvalue weighted by atomic mass is 79.9. The predicted octanol–water partition coefficient (Wildman–Crippen LogP) is 2.40. The predicted molar refractivity (Wildman–Crippen MR) is 92.3 cm³/mol. The van der Waals surface area contributed by atoms with Crippen molar-refractivity contribution in [3.05, 3.63) is 28.6 Å². The third-order valence-electron chi connectivity index (χ3n) is 3.78. The highest BCUT2D eigenvalue weighted by molar-refractivity contribution is 9.10. The van der Waals surface area contributed by atoms with E-state index in [0.717, 1.165) is 0 Å². The quantitative estimate of drug-likeness (QED) is 0.525. The minimum Gasteiger partial charge on any atom is -0.466 e. The van der Waals surface area contributed by atoms with Crippen molar-refractivity contribution in [1.82, 2.24) is 4.90 Å². The molecule has 2 heterocycles. The molecule has 136 valence electrons. The first-order valence-electron chi connectivity index (χ1n) is 8.04. The van der Waals surface area contributed by atoms with E-state index >= 15 is 0 Å². The van der Waals surface area contributed by atoms with Crippen molar-refractivity contribution >= 4 is 39.9 Å². The van der Waals surface area contributed by atoms with E-state index in [1.807, 2.05) is 0 Å². The lowest BCUT2D eigenvalue weighted by Gasteiger charge is -2.30. The minimum absolute atomic E-state index is 0.165. The fraction of sp³-hybridized carbons (Fsp3) is 0.471. The van der Waals surface area contributed by atoms with Gasteiger partial charge < -0.3 is 18.8 Å². The molecule has 0 atom stereocenters. The van der Waals surface area contributed by atoms with E-state index in [0.29, 0.717) is 43.0 Å². The third kappa shape index (κ3) is 6.04. The molecule has 0 aromatic carbocycles. The lowest BCUT2D eigenvalue weighted by Crippen LogP contribution is -2.42. The second-order valence-electron chi connectivity index (χ2n) is 5.49. The number of carbonyl (C=O) groups excluding carboxylic acids is 3. The van der Waals surface area contributed by atoms with Crippen molar-refractivity contribution < 1.29 is 28.3 Å². The number of carbonyl (C=O) groups is 3. The Morgan fingerprint density at radius 3 is 2.60 bits per heavy atom. The van der Waals surface area contributed by atoms with Crippen molar-refractivity contribution in [2.75, 3.05) is 26.3 Å². The molecule has 0 unspecified atom stereocenters. The summed E-state index contributed by atoms with van der Waals surface area (Å²) in [5.41, 5.74) is 0. The maximum atomic E-state index is 12.1. The molecule has 0 N–H and O–H groups in total. The summed E-state index contributed by atoms with van der Waals surface area (Å²) in [6.45, 7) is 2.71. The highest BCUT2D eigenvalue weighted by Crippen LogP contribution is 2.19. The summed E-state index contributed by atoms with van der Waals surface area (Å²) in [5.74, 6) is -0.777. The summed E-state index contributed by atoms with van der Waals surface area (Å²) in [7, 11) is 0. The van der Waals surface area contributed by atoms with E-state index in [9.17, 15) is 14.4 Å². The van der Waals surface area contributed by atoms with Crippen molar-refractivity contribution in [1.29, 1.82) is 0 Å². The van der Waals surface area contributed by atoms with E-state index in [1.54, 1.807) is 24.0 Å². The molecule has 0 radical (unpaired) electrons. The highest BCUT2D eigenvalue weighted by Gasteiger charge is 2.28. The van der Waals surface area contributed by atoms with Gasteiger partial charge in [-0.15, -0.1) is 0 Å². The molecule has 25 heavy (non-hydrogen) atoms. The van der Waals surface area contributed by atoms with Gasteiger partial charge in [-0.1, -0.05) is 0 Å². The first-order chi connectivity index (χ1) is 12.0. The van der Waals surface area contributed by atoms with Crippen LogP contribution < -0.4 is 0 Å². The van der Waals surface area contributed by atoms with Crippen molar-refractivity contribution in [2.24, 2.45) is 5.92 Å². The van der Waals surface area contributed by atoms with Crippen LogP contribution >= 0.6 is 15.9 Å². The van der Waals surface area contributed by atoms with Crippen LogP contribution in [0.15, 0.2) is 27.3 Å². The van der Waals surface area contributed by atoms with Gasteiger partial charge in [0.15, 0.2) is 11.3 Å². The van der Waals surface area contributed by atoms with Gasteiger partial charge in [0, 0.05) is 19.2 Å². The molecule has 1 aromatic rings. The van der Waals surface area contributed by atoms with Crippen molar-refractivity contribution in [3.8, 4) is 0 Å². The van der Waals surface area contributed by atoms with E-state index in [-0.39, 0.29) is 24.4 Å². The molecule has 0 spiro atoms. The van der Waals surface area contributed by atoms with Gasteiger partial charge in [-0.05, 0) is 53.9 Å². The van der Waals surface area contributed by atoms with Crippen LogP contribution in [-0.2, 0) is 23.9 Å². The average molecular weight is 414 g/mol. The molecule has 0 bridgehead atoms. The van der Waals surface area contributed by atoms with Gasteiger partial charge in [0.25, 0.3) is 5.91 Å². The normalized spacial score (nSPS) is 15.4. The summed E-state index contributed by atoms with van der Waals surface area (Å²) in [5, 5.41) is 0. The van der Waals surface area contributed by atoms with Crippen LogP contribution in [0.2, 0.25) is 0 Å². The number of rotatable bonds is 6. The Balaban J connectivity index is 1.71. The number of furan rings is 1. The zero-order valence-electron chi connectivity index (χ0n) is 13.9. The van der Waals surface area contributed by atoms with Crippen LogP contribution in [0.25, 0.3) is 6.08 Å². The van der Waals surface area contributed by atoms with Gasteiger partial charge in [0.2, 0.25) is 0 Å². The molecule has 2 rings (SSSR count). The summed E-state index contributed by atoms with van der Waals surface area (Å²) in [6.07, 6.45) is 3.78. The molecule has 1 aliphatic heterocycles. The summed E-state index contributed by atoms with van der Waals surface area (Å²) in [6, 6.07) is 3.39. The fourth-order valence-electron chi connectivity index (χ4n) is 2.46. The molecule has 0 saturated carbocycles. The first-order valence-corrected chi connectivity index (χ1v) is 8.83. The Morgan fingerprint density at radius 1 is 1.28 bits per heavy atom. The number of piperidine rings is 1. The molecule has 1 aliphatic rings. The number of hydrogen-bond acceptors (Lipinski definition) is 6. The number of likely N-dealkylation sites (tertiary alicyclic amines) is 1. The summed E-state index contributed by atoms with van der Waals surface area (Å²) < 4.78 is 15.7. The Bertz CT molecular complexity index is 645. The lowest BCUT2D eigenvalue weighted by atomic mass is 9.97. The Kier molecular flexibility index (Phi) is 7.24. The number of amides is 1. The molecule has 1 saturated heterocycles. The van der Waals surface area contributed by atoms with Crippen LogP contribution in [0.3, 0.4) is 0 Å². The number of hydrogen-bond donors (Lipinski definition) is 0. The molecule has 1 amide bonds. The first kappa shape index (κ1) is 19.2. The van der Waals surface area contributed by atoms with Gasteiger partial charge in [0.1, 0.15) is 5.76 Å². The lowest BCUT2D eigenvalue weighted by molar-refractivity contribution is -0.153. The SMILES string of the molecule is CCOC(=O)C1CCN(C(=O)COC(=O)C=Cc2ccc(Br)o2)CC1.